The smallest absolute Gasteiger partial charge is 0.161 e. The second-order valence-electron chi connectivity index (χ2n) is 6.96. The third-order valence-corrected chi connectivity index (χ3v) is 4.95. The van der Waals surface area contributed by atoms with Gasteiger partial charge >= 0.3 is 0 Å². The maximum Gasteiger partial charge on any atom is 0.161 e. The van der Waals surface area contributed by atoms with Crippen LogP contribution in [0.25, 0.3) is 0 Å². The Morgan fingerprint density at radius 1 is 1.30 bits per heavy atom. The van der Waals surface area contributed by atoms with E-state index in [1.54, 1.807) is 6.07 Å². The third-order valence-electron chi connectivity index (χ3n) is 4.95. The number of ketones is 1. The Labute approximate surface area is 147 Å². The van der Waals surface area contributed by atoms with E-state index >= 15 is 0 Å². The molecular formula is C19H27NO3. The zero-order valence-corrected chi connectivity index (χ0v) is 13.6. The quantitative estimate of drug-likeness (QED) is 0.853. The number of hydrogen-bond acceptors (Lipinski definition) is 4. The Bertz CT molecular complexity index is 774. The number of fused-ring (bicyclic) bond motifs is 3. The van der Waals surface area contributed by atoms with Gasteiger partial charge in [0.15, 0.2) is 11.5 Å². The summed E-state index contributed by atoms with van der Waals surface area (Å²) in [5, 5.41) is 0. The summed E-state index contributed by atoms with van der Waals surface area (Å²) < 4.78 is 54.3. The minimum atomic E-state index is -2.75. The number of rotatable bonds is 4. The average molecular weight is 323 g/mol. The van der Waals surface area contributed by atoms with Crippen molar-refractivity contribution in [1.29, 1.82) is 0 Å². The molecule has 0 unspecified atom stereocenters. The molecule has 2 aliphatic rings. The van der Waals surface area contributed by atoms with Crippen molar-refractivity contribution in [2.75, 3.05) is 27.2 Å². The van der Waals surface area contributed by atoms with E-state index in [4.69, 9.17) is 17.7 Å². The van der Waals surface area contributed by atoms with Crippen molar-refractivity contribution < 1.29 is 22.5 Å². The van der Waals surface area contributed by atoms with Crippen LogP contribution in [0.5, 0.6) is 11.5 Å². The van der Waals surface area contributed by atoms with Crippen LogP contribution >= 0.6 is 0 Å². The molecule has 1 saturated heterocycles. The highest BCUT2D eigenvalue weighted by atomic mass is 16.5. The van der Waals surface area contributed by atoms with Crippen LogP contribution in [-0.2, 0) is 11.2 Å². The summed E-state index contributed by atoms with van der Waals surface area (Å²) in [5.74, 6) is 0.418. The van der Waals surface area contributed by atoms with Gasteiger partial charge in [-0.25, -0.2) is 0 Å². The molecule has 0 aromatic heterocycles. The van der Waals surface area contributed by atoms with Gasteiger partial charge in [-0.05, 0) is 42.0 Å². The molecule has 0 saturated carbocycles. The highest BCUT2D eigenvalue weighted by molar-refractivity contribution is 5.83. The molecular weight excluding hydrogens is 290 g/mol. The van der Waals surface area contributed by atoms with E-state index in [1.165, 1.54) is 6.07 Å². The highest BCUT2D eigenvalue weighted by Crippen LogP contribution is 2.42. The maximum absolute atomic E-state index is 12.7. The van der Waals surface area contributed by atoms with Gasteiger partial charge in [0.2, 0.25) is 0 Å². The van der Waals surface area contributed by atoms with Crippen LogP contribution < -0.4 is 9.47 Å². The van der Waals surface area contributed by atoms with Crippen molar-refractivity contribution in [3.63, 3.8) is 0 Å². The Balaban J connectivity index is 1.95. The Hall–Kier alpha value is -1.55. The van der Waals surface area contributed by atoms with Gasteiger partial charge in [0.25, 0.3) is 0 Å². The van der Waals surface area contributed by atoms with E-state index in [0.29, 0.717) is 25.3 Å². The van der Waals surface area contributed by atoms with Crippen LogP contribution in [0, 0.1) is 11.8 Å². The lowest BCUT2D eigenvalue weighted by Crippen LogP contribution is -2.46. The van der Waals surface area contributed by atoms with Gasteiger partial charge in [-0.3, -0.25) is 9.69 Å². The first-order valence-electron chi connectivity index (χ1n) is 11.1. The van der Waals surface area contributed by atoms with Crippen LogP contribution in [0.2, 0.25) is 0 Å². The standard InChI is InChI=1S/C19H27NO3/c1-12(2)7-14-11-20-6-5-13-8-18(22-3)19(23-4)9-15(13)16(20)10-17(14)21/h8-9,12,14,16H,5-7,10-11H2,1-4H3/t14-,16+/m0/s1/i3D3,4D3. The Morgan fingerprint density at radius 3 is 2.74 bits per heavy atom. The molecule has 2 heterocycles. The van der Waals surface area contributed by atoms with Gasteiger partial charge in [-0.2, -0.15) is 0 Å². The van der Waals surface area contributed by atoms with E-state index in [-0.39, 0.29) is 29.2 Å². The second-order valence-corrected chi connectivity index (χ2v) is 6.96. The van der Waals surface area contributed by atoms with Crippen molar-refractivity contribution in [2.45, 2.75) is 39.2 Å². The monoisotopic (exact) mass is 323 g/mol. The largest absolute Gasteiger partial charge is 0.493 e. The minimum Gasteiger partial charge on any atom is -0.493 e. The molecule has 3 rings (SSSR count). The van der Waals surface area contributed by atoms with Crippen LogP contribution in [0.4, 0.5) is 0 Å². The van der Waals surface area contributed by atoms with E-state index in [2.05, 4.69) is 18.7 Å². The topological polar surface area (TPSA) is 38.8 Å². The first-order valence-corrected chi connectivity index (χ1v) is 8.14. The van der Waals surface area contributed by atoms with Crippen molar-refractivity contribution >= 4 is 5.78 Å². The van der Waals surface area contributed by atoms with Gasteiger partial charge in [-0.15, -0.1) is 0 Å². The molecule has 23 heavy (non-hydrogen) atoms. The lowest BCUT2D eigenvalue weighted by Gasteiger charge is -2.43. The zero-order chi connectivity index (χ0) is 21.6. The van der Waals surface area contributed by atoms with Crippen LogP contribution in [0.15, 0.2) is 12.1 Å². The zero-order valence-electron chi connectivity index (χ0n) is 19.6. The van der Waals surface area contributed by atoms with Gasteiger partial charge in [0, 0.05) is 31.5 Å². The number of carbonyl (C=O) groups excluding carboxylic acids is 1. The van der Waals surface area contributed by atoms with Gasteiger partial charge in [0.1, 0.15) is 5.78 Å². The Morgan fingerprint density at radius 2 is 2.04 bits per heavy atom. The summed E-state index contributed by atoms with van der Waals surface area (Å²) in [4.78, 5) is 15.0. The molecule has 1 aromatic carbocycles. The van der Waals surface area contributed by atoms with Crippen molar-refractivity contribution in [3.8, 4) is 11.5 Å². The third kappa shape index (κ3) is 3.09. The normalized spacial score (nSPS) is 29.3. The molecule has 2 aliphatic heterocycles. The van der Waals surface area contributed by atoms with Gasteiger partial charge in [0.05, 0.1) is 22.3 Å². The summed E-state index contributed by atoms with van der Waals surface area (Å²) in [6.07, 6.45) is 1.88. The molecule has 1 fully saturated rings. The van der Waals surface area contributed by atoms with Crippen molar-refractivity contribution in [2.24, 2.45) is 11.8 Å². The summed E-state index contributed by atoms with van der Waals surface area (Å²) in [7, 11) is -5.48. The van der Waals surface area contributed by atoms with Gasteiger partial charge < -0.3 is 9.47 Å². The number of benzene rings is 1. The molecule has 0 aliphatic carbocycles. The lowest BCUT2D eigenvalue weighted by molar-refractivity contribution is -0.129. The number of piperidine rings is 1. The summed E-state index contributed by atoms with van der Waals surface area (Å²) >= 11 is 0. The molecule has 0 bridgehead atoms. The Kier molecular flexibility index (Phi) is 2.93. The number of ether oxygens (including phenoxy) is 2. The predicted molar refractivity (Wildman–Crippen MR) is 90.1 cm³/mol. The fraction of sp³-hybridized carbons (Fsp3) is 0.632. The van der Waals surface area contributed by atoms with Crippen molar-refractivity contribution in [3.05, 3.63) is 23.3 Å². The second kappa shape index (κ2) is 6.52. The minimum absolute atomic E-state index is 0.0177. The predicted octanol–water partition coefficient (Wildman–Crippen LogP) is 3.24. The number of carbonyl (C=O) groups is 1. The van der Waals surface area contributed by atoms with E-state index < -0.39 is 14.1 Å². The molecule has 4 nitrogen and oxygen atoms in total. The van der Waals surface area contributed by atoms with E-state index in [0.717, 1.165) is 24.1 Å². The number of nitrogens with zero attached hydrogens (tertiary/aromatic N) is 1. The van der Waals surface area contributed by atoms with Crippen LogP contribution in [0.1, 0.15) is 52.1 Å². The number of Topliss-reactive ketones (excluding diaryl/α,β-unsaturated/α-hetero) is 1. The fourth-order valence-corrected chi connectivity index (χ4v) is 3.90. The molecule has 0 spiro atoms. The fourth-order valence-electron chi connectivity index (χ4n) is 3.90. The van der Waals surface area contributed by atoms with Gasteiger partial charge in [-0.1, -0.05) is 13.8 Å². The first-order chi connectivity index (χ1) is 13.3. The highest BCUT2D eigenvalue weighted by Gasteiger charge is 2.38. The molecule has 0 N–H and O–H groups in total. The summed E-state index contributed by atoms with van der Waals surface area (Å²) in [6.45, 7) is 5.65. The molecule has 0 radical (unpaired) electrons. The lowest BCUT2D eigenvalue weighted by atomic mass is 9.80. The number of methoxy groups -OCH3 is 2. The van der Waals surface area contributed by atoms with E-state index in [9.17, 15) is 4.79 Å². The first kappa shape index (κ1) is 10.3. The molecule has 2 atom stereocenters. The molecule has 4 heteroatoms. The van der Waals surface area contributed by atoms with E-state index in [1.807, 2.05) is 0 Å². The average Bonchev–Trinajstić information content (AvgIpc) is 2.53. The number of hydrogen-bond donors (Lipinski definition) is 0. The SMILES string of the molecule is [2H]C([2H])([2H])Oc1cc2c(cc1OC([2H])([2H])[2H])[C@H]1CC(=O)[C@@H](CC(C)C)CN1CC2. The summed E-state index contributed by atoms with van der Waals surface area (Å²) in [5.41, 5.74) is 1.67. The maximum atomic E-state index is 12.7. The molecule has 126 valence electrons. The van der Waals surface area contributed by atoms with Crippen molar-refractivity contribution in [1.82, 2.24) is 4.90 Å². The summed E-state index contributed by atoms with van der Waals surface area (Å²) in [6, 6.07) is 2.93. The molecule has 1 aromatic rings. The molecule has 0 amide bonds. The van der Waals surface area contributed by atoms with Crippen LogP contribution in [-0.4, -0.2) is 37.8 Å². The van der Waals surface area contributed by atoms with Crippen LogP contribution in [0.3, 0.4) is 0 Å².